The molecule has 1 heterocycles. The average molecular weight is 345 g/mol. The molecule has 5 nitrogen and oxygen atoms in total. The predicted molar refractivity (Wildman–Crippen MR) is 99.8 cm³/mol. The number of nitrogens with zero attached hydrogens (tertiary/aromatic N) is 3. The maximum absolute atomic E-state index is 12.5. The van der Waals surface area contributed by atoms with Gasteiger partial charge in [0.15, 0.2) is 0 Å². The molecule has 0 aliphatic heterocycles. The van der Waals surface area contributed by atoms with Crippen molar-refractivity contribution in [2.75, 3.05) is 19.4 Å². The van der Waals surface area contributed by atoms with Crippen molar-refractivity contribution in [2.45, 2.75) is 13.1 Å². The van der Waals surface area contributed by atoms with E-state index in [0.717, 1.165) is 11.0 Å². The Morgan fingerprint density at radius 1 is 1.08 bits per heavy atom. The molecule has 0 radical (unpaired) electrons. The van der Waals surface area contributed by atoms with Crippen molar-refractivity contribution in [3.8, 4) is 0 Å². The third kappa shape index (κ3) is 3.42. The summed E-state index contributed by atoms with van der Waals surface area (Å²) >= 11 is 0. The first-order valence-corrected chi connectivity index (χ1v) is 7.57. The Morgan fingerprint density at radius 3 is 2.38 bits per heavy atom. The van der Waals surface area contributed by atoms with E-state index in [9.17, 15) is 4.79 Å². The van der Waals surface area contributed by atoms with E-state index < -0.39 is 0 Å². The zero-order valence-electron chi connectivity index (χ0n) is 13.9. The molecule has 1 atom stereocenters. The molecule has 126 valence electrons. The van der Waals surface area contributed by atoms with Crippen LogP contribution in [0.5, 0.6) is 0 Å². The summed E-state index contributed by atoms with van der Waals surface area (Å²) in [6, 6.07) is 17.1. The number of anilines is 1. The summed E-state index contributed by atoms with van der Waals surface area (Å²) in [6.07, 6.45) is 0.0634. The molecular weight excluding hydrogens is 324 g/mol. The Bertz CT molecular complexity index is 829. The van der Waals surface area contributed by atoms with Gasteiger partial charge < -0.3 is 0 Å². The summed E-state index contributed by atoms with van der Waals surface area (Å²) in [5.74, 6) is 0.398. The third-order valence-corrected chi connectivity index (χ3v) is 3.98. The van der Waals surface area contributed by atoms with Crippen LogP contribution < -0.4 is 5.32 Å². The number of benzene rings is 2. The van der Waals surface area contributed by atoms with Gasteiger partial charge in [-0.2, -0.15) is 0 Å². The van der Waals surface area contributed by atoms with Crippen LogP contribution in [0.25, 0.3) is 11.0 Å². The van der Waals surface area contributed by atoms with Gasteiger partial charge in [0, 0.05) is 5.56 Å². The van der Waals surface area contributed by atoms with Gasteiger partial charge in [0.1, 0.15) is 0 Å². The van der Waals surface area contributed by atoms with Gasteiger partial charge in [-0.25, -0.2) is 4.98 Å². The Balaban J connectivity index is 0.00000208. The SMILES string of the molecule is CC(N(C)C)n1c(NC(=O)c2ccccc2)nc2ccccc21.Cl. The lowest BCUT2D eigenvalue weighted by atomic mass is 10.2. The van der Waals surface area contributed by atoms with Gasteiger partial charge in [0.05, 0.1) is 17.2 Å². The summed E-state index contributed by atoms with van der Waals surface area (Å²) in [5.41, 5.74) is 2.48. The fourth-order valence-electron chi connectivity index (χ4n) is 2.51. The highest BCUT2D eigenvalue weighted by Gasteiger charge is 2.19. The molecule has 0 fully saturated rings. The molecule has 6 heteroatoms. The Labute approximate surface area is 147 Å². The number of carbonyl (C=O) groups excluding carboxylic acids is 1. The molecule has 1 amide bonds. The molecule has 3 aromatic rings. The summed E-state index contributed by atoms with van der Waals surface area (Å²) in [5, 5.41) is 2.94. The van der Waals surface area contributed by atoms with Gasteiger partial charge in [-0.05, 0) is 45.3 Å². The van der Waals surface area contributed by atoms with E-state index in [1.807, 2.05) is 61.1 Å². The highest BCUT2D eigenvalue weighted by atomic mass is 35.5. The van der Waals surface area contributed by atoms with E-state index in [1.165, 1.54) is 0 Å². The number of hydrogen-bond donors (Lipinski definition) is 1. The molecule has 1 N–H and O–H groups in total. The number of hydrogen-bond acceptors (Lipinski definition) is 3. The number of imidazole rings is 1. The molecule has 0 bridgehead atoms. The van der Waals surface area contributed by atoms with Crippen LogP contribution in [0.15, 0.2) is 54.6 Å². The van der Waals surface area contributed by atoms with Crippen LogP contribution in [-0.4, -0.2) is 34.5 Å². The van der Waals surface area contributed by atoms with E-state index in [1.54, 1.807) is 12.1 Å². The fourth-order valence-corrected chi connectivity index (χ4v) is 2.51. The molecule has 24 heavy (non-hydrogen) atoms. The summed E-state index contributed by atoms with van der Waals surface area (Å²) in [6.45, 7) is 2.08. The van der Waals surface area contributed by atoms with Crippen LogP contribution in [-0.2, 0) is 0 Å². The smallest absolute Gasteiger partial charge is 0.257 e. The summed E-state index contributed by atoms with van der Waals surface area (Å²) < 4.78 is 2.04. The number of nitrogens with one attached hydrogen (secondary N) is 1. The van der Waals surface area contributed by atoms with Crippen molar-refractivity contribution >= 4 is 35.3 Å². The van der Waals surface area contributed by atoms with Crippen molar-refractivity contribution in [1.29, 1.82) is 0 Å². The van der Waals surface area contributed by atoms with Gasteiger partial charge in [-0.1, -0.05) is 30.3 Å². The molecule has 0 saturated heterocycles. The zero-order valence-corrected chi connectivity index (χ0v) is 14.7. The van der Waals surface area contributed by atoms with E-state index in [2.05, 4.69) is 22.1 Å². The lowest BCUT2D eigenvalue weighted by molar-refractivity contribution is 0.102. The second-order valence-electron chi connectivity index (χ2n) is 5.71. The summed E-state index contributed by atoms with van der Waals surface area (Å²) in [4.78, 5) is 19.1. The number of carbonyl (C=O) groups is 1. The molecular formula is C18H21ClN4O. The zero-order chi connectivity index (χ0) is 16.4. The van der Waals surface area contributed by atoms with Crippen molar-refractivity contribution < 1.29 is 4.79 Å². The number of rotatable bonds is 4. The normalized spacial score (nSPS) is 12.0. The van der Waals surface area contributed by atoms with Crippen LogP contribution in [0.4, 0.5) is 5.95 Å². The van der Waals surface area contributed by atoms with Crippen LogP contribution in [0, 0.1) is 0 Å². The van der Waals surface area contributed by atoms with E-state index >= 15 is 0 Å². The quantitative estimate of drug-likeness (QED) is 0.783. The van der Waals surface area contributed by atoms with Gasteiger partial charge in [-0.3, -0.25) is 19.6 Å². The minimum Gasteiger partial charge on any atom is -0.294 e. The predicted octanol–water partition coefficient (Wildman–Crippen LogP) is 3.79. The molecule has 3 rings (SSSR count). The summed E-state index contributed by atoms with van der Waals surface area (Å²) in [7, 11) is 4.00. The first kappa shape index (κ1) is 18.0. The Morgan fingerprint density at radius 2 is 1.71 bits per heavy atom. The number of para-hydroxylation sites is 2. The lowest BCUT2D eigenvalue weighted by Crippen LogP contribution is -2.25. The standard InChI is InChI=1S/C18H20N4O.ClH/c1-13(21(2)3)22-16-12-8-7-11-15(16)19-18(22)20-17(23)14-9-5-4-6-10-14;/h4-13H,1-3H3,(H,19,20,23);1H. The van der Waals surface area contributed by atoms with E-state index in [0.29, 0.717) is 11.5 Å². The number of amides is 1. The van der Waals surface area contributed by atoms with E-state index in [4.69, 9.17) is 0 Å². The van der Waals surface area contributed by atoms with Gasteiger partial charge in [0.25, 0.3) is 5.91 Å². The number of aromatic nitrogens is 2. The molecule has 1 aromatic heterocycles. The highest BCUT2D eigenvalue weighted by molar-refractivity contribution is 6.04. The van der Waals surface area contributed by atoms with Crippen LogP contribution in [0.2, 0.25) is 0 Å². The molecule has 0 spiro atoms. The molecule has 0 aliphatic rings. The fraction of sp³-hybridized carbons (Fsp3) is 0.222. The highest BCUT2D eigenvalue weighted by Crippen LogP contribution is 2.25. The van der Waals surface area contributed by atoms with Crippen LogP contribution in [0.1, 0.15) is 23.4 Å². The molecule has 1 unspecified atom stereocenters. The Hall–Kier alpha value is -2.37. The number of halogens is 1. The topological polar surface area (TPSA) is 50.2 Å². The second kappa shape index (κ2) is 7.47. The van der Waals surface area contributed by atoms with Crippen LogP contribution in [0.3, 0.4) is 0 Å². The van der Waals surface area contributed by atoms with Gasteiger partial charge in [0.2, 0.25) is 5.95 Å². The maximum atomic E-state index is 12.5. The van der Waals surface area contributed by atoms with Crippen LogP contribution >= 0.6 is 12.4 Å². The largest absolute Gasteiger partial charge is 0.294 e. The van der Waals surface area contributed by atoms with E-state index in [-0.39, 0.29) is 24.5 Å². The van der Waals surface area contributed by atoms with Gasteiger partial charge >= 0.3 is 0 Å². The average Bonchev–Trinajstić information content (AvgIpc) is 2.92. The second-order valence-corrected chi connectivity index (χ2v) is 5.71. The minimum atomic E-state index is -0.159. The monoisotopic (exact) mass is 344 g/mol. The first-order valence-electron chi connectivity index (χ1n) is 7.57. The van der Waals surface area contributed by atoms with Gasteiger partial charge in [-0.15, -0.1) is 12.4 Å². The van der Waals surface area contributed by atoms with Crippen molar-refractivity contribution in [2.24, 2.45) is 0 Å². The first-order chi connectivity index (χ1) is 11.1. The Kier molecular flexibility index (Phi) is 5.59. The maximum Gasteiger partial charge on any atom is 0.257 e. The molecule has 0 saturated carbocycles. The van der Waals surface area contributed by atoms with Crippen molar-refractivity contribution in [3.63, 3.8) is 0 Å². The number of fused-ring (bicyclic) bond motifs is 1. The minimum absolute atomic E-state index is 0. The molecule has 0 aliphatic carbocycles. The lowest BCUT2D eigenvalue weighted by Gasteiger charge is -2.24. The van der Waals surface area contributed by atoms with Crippen molar-refractivity contribution in [3.05, 3.63) is 60.2 Å². The van der Waals surface area contributed by atoms with Crippen molar-refractivity contribution in [1.82, 2.24) is 14.5 Å². The third-order valence-electron chi connectivity index (χ3n) is 3.98. The molecule has 2 aromatic carbocycles.